The number of hydrogen-bond acceptors (Lipinski definition) is 2. The van der Waals surface area contributed by atoms with Crippen molar-refractivity contribution in [3.05, 3.63) is 65.5 Å². The lowest BCUT2D eigenvalue weighted by Gasteiger charge is -2.26. The minimum absolute atomic E-state index is 0.0946. The second-order valence-electron chi connectivity index (χ2n) is 5.66. The summed E-state index contributed by atoms with van der Waals surface area (Å²) in [5, 5.41) is 3.20. The fraction of sp³-hybridized carbons (Fsp3) is 0.235. The van der Waals surface area contributed by atoms with Gasteiger partial charge < -0.3 is 11.1 Å². The van der Waals surface area contributed by atoms with Gasteiger partial charge in [-0.25, -0.2) is 4.39 Å². The zero-order chi connectivity index (χ0) is 15.5. The van der Waals surface area contributed by atoms with E-state index in [1.807, 2.05) is 18.2 Å². The van der Waals surface area contributed by atoms with Crippen LogP contribution in [0.4, 0.5) is 10.1 Å². The Morgan fingerprint density at radius 1 is 1.19 bits per heavy atom. The number of rotatable bonds is 5. The Hall–Kier alpha value is -2.36. The highest BCUT2D eigenvalue weighted by Crippen LogP contribution is 2.24. The monoisotopic (exact) mass is 286 g/mol. The topological polar surface area (TPSA) is 55.1 Å². The molecular weight excluding hydrogens is 267 g/mol. The molecule has 0 aliphatic heterocycles. The zero-order valence-corrected chi connectivity index (χ0v) is 12.2. The quantitative estimate of drug-likeness (QED) is 0.886. The zero-order valence-electron chi connectivity index (χ0n) is 12.2. The van der Waals surface area contributed by atoms with Gasteiger partial charge in [-0.1, -0.05) is 44.2 Å². The first-order chi connectivity index (χ1) is 9.90. The van der Waals surface area contributed by atoms with Crippen molar-refractivity contribution in [1.82, 2.24) is 0 Å². The van der Waals surface area contributed by atoms with Crippen LogP contribution in [-0.2, 0) is 5.41 Å². The third kappa shape index (κ3) is 3.60. The first kappa shape index (κ1) is 15.0. The summed E-state index contributed by atoms with van der Waals surface area (Å²) in [7, 11) is 0. The maximum Gasteiger partial charge on any atom is 0.251 e. The van der Waals surface area contributed by atoms with Gasteiger partial charge in [-0.15, -0.1) is 0 Å². The van der Waals surface area contributed by atoms with E-state index in [0.29, 0.717) is 12.2 Å². The van der Waals surface area contributed by atoms with Gasteiger partial charge in [0.15, 0.2) is 0 Å². The summed E-state index contributed by atoms with van der Waals surface area (Å²) in [5.41, 5.74) is 6.72. The molecule has 0 aromatic heterocycles. The highest BCUT2D eigenvalue weighted by atomic mass is 19.1. The van der Waals surface area contributed by atoms with Crippen LogP contribution < -0.4 is 11.1 Å². The molecule has 0 saturated carbocycles. The highest BCUT2D eigenvalue weighted by molar-refractivity contribution is 5.93. The summed E-state index contributed by atoms with van der Waals surface area (Å²) in [6.07, 6.45) is 0. The molecule has 21 heavy (non-hydrogen) atoms. The average molecular weight is 286 g/mol. The second-order valence-corrected chi connectivity index (χ2v) is 5.66. The number of hydrogen-bond donors (Lipinski definition) is 2. The molecule has 0 unspecified atom stereocenters. The van der Waals surface area contributed by atoms with Crippen LogP contribution in [0.15, 0.2) is 48.5 Å². The molecule has 3 N–H and O–H groups in total. The van der Waals surface area contributed by atoms with Crippen molar-refractivity contribution in [1.29, 1.82) is 0 Å². The van der Waals surface area contributed by atoms with Crippen molar-refractivity contribution < 1.29 is 9.18 Å². The van der Waals surface area contributed by atoms with Gasteiger partial charge in [0, 0.05) is 17.6 Å². The van der Waals surface area contributed by atoms with Crippen LogP contribution >= 0.6 is 0 Å². The van der Waals surface area contributed by atoms with Crippen molar-refractivity contribution >= 4 is 11.6 Å². The van der Waals surface area contributed by atoms with E-state index in [2.05, 4.69) is 31.3 Å². The Bertz CT molecular complexity index is 638. The number of carbonyl (C=O) groups excluding carboxylic acids is 1. The fourth-order valence-corrected chi connectivity index (χ4v) is 2.14. The molecule has 0 spiro atoms. The lowest BCUT2D eigenvalue weighted by molar-refractivity contribution is 0.0996. The van der Waals surface area contributed by atoms with Crippen LogP contribution in [0.25, 0.3) is 0 Å². The summed E-state index contributed by atoms with van der Waals surface area (Å²) in [5.74, 6) is -1.37. The molecule has 0 aliphatic rings. The third-order valence-electron chi connectivity index (χ3n) is 3.52. The largest absolute Gasteiger partial charge is 0.384 e. The number of primary amides is 1. The molecule has 0 heterocycles. The molecule has 2 aromatic rings. The SMILES string of the molecule is CC(C)(CNc1ccc(C(N)=O)c(F)c1)c1ccccc1. The van der Waals surface area contributed by atoms with Crippen molar-refractivity contribution in [3.8, 4) is 0 Å². The van der Waals surface area contributed by atoms with E-state index in [4.69, 9.17) is 5.73 Å². The van der Waals surface area contributed by atoms with Crippen molar-refractivity contribution in [2.75, 3.05) is 11.9 Å². The fourth-order valence-electron chi connectivity index (χ4n) is 2.14. The summed E-state index contributed by atoms with van der Waals surface area (Å²) in [6.45, 7) is 4.87. The first-order valence-corrected chi connectivity index (χ1v) is 6.79. The molecule has 0 aliphatic carbocycles. The lowest BCUT2D eigenvalue weighted by Crippen LogP contribution is -2.27. The van der Waals surface area contributed by atoms with E-state index in [1.165, 1.54) is 17.7 Å². The Morgan fingerprint density at radius 3 is 2.43 bits per heavy atom. The van der Waals surface area contributed by atoms with Gasteiger partial charge in [0.25, 0.3) is 5.91 Å². The number of halogens is 1. The molecule has 0 atom stereocenters. The first-order valence-electron chi connectivity index (χ1n) is 6.79. The summed E-state index contributed by atoms with van der Waals surface area (Å²) in [4.78, 5) is 11.0. The van der Waals surface area contributed by atoms with E-state index < -0.39 is 11.7 Å². The van der Waals surface area contributed by atoms with Crippen LogP contribution in [0.3, 0.4) is 0 Å². The maximum atomic E-state index is 13.7. The Kier molecular flexibility index (Phi) is 4.26. The lowest BCUT2D eigenvalue weighted by atomic mass is 9.84. The molecule has 2 rings (SSSR count). The predicted molar refractivity (Wildman–Crippen MR) is 82.9 cm³/mol. The summed E-state index contributed by atoms with van der Waals surface area (Å²) < 4.78 is 13.7. The smallest absolute Gasteiger partial charge is 0.251 e. The van der Waals surface area contributed by atoms with Crippen molar-refractivity contribution in [2.45, 2.75) is 19.3 Å². The molecular formula is C17H19FN2O. The van der Waals surface area contributed by atoms with E-state index in [9.17, 15) is 9.18 Å². The number of amides is 1. The predicted octanol–water partition coefficient (Wildman–Crippen LogP) is 3.31. The number of carbonyl (C=O) groups is 1. The number of nitrogens with two attached hydrogens (primary N) is 1. The van der Waals surface area contributed by atoms with Crippen LogP contribution in [0.5, 0.6) is 0 Å². The third-order valence-corrected chi connectivity index (χ3v) is 3.52. The van der Waals surface area contributed by atoms with Gasteiger partial charge in [0.1, 0.15) is 5.82 Å². The molecule has 110 valence electrons. The standard InChI is InChI=1S/C17H19FN2O/c1-17(2,12-6-4-3-5-7-12)11-20-13-8-9-14(16(19)21)15(18)10-13/h3-10,20H,11H2,1-2H3,(H2,19,21). The Labute approximate surface area is 124 Å². The molecule has 0 bridgehead atoms. The van der Waals surface area contributed by atoms with Gasteiger partial charge >= 0.3 is 0 Å². The molecule has 2 aromatic carbocycles. The van der Waals surface area contributed by atoms with Crippen LogP contribution in [0.1, 0.15) is 29.8 Å². The van der Waals surface area contributed by atoms with Gasteiger partial charge in [-0.3, -0.25) is 4.79 Å². The minimum atomic E-state index is -0.760. The molecule has 0 fully saturated rings. The summed E-state index contributed by atoms with van der Waals surface area (Å²) >= 11 is 0. The second kappa shape index (κ2) is 5.95. The Balaban J connectivity index is 2.09. The van der Waals surface area contributed by atoms with Crippen molar-refractivity contribution in [3.63, 3.8) is 0 Å². The number of benzene rings is 2. The molecule has 4 heteroatoms. The van der Waals surface area contributed by atoms with Crippen LogP contribution in [-0.4, -0.2) is 12.5 Å². The number of anilines is 1. The molecule has 0 saturated heterocycles. The number of nitrogens with one attached hydrogen (secondary N) is 1. The maximum absolute atomic E-state index is 13.7. The molecule has 3 nitrogen and oxygen atoms in total. The normalized spacial score (nSPS) is 11.2. The van der Waals surface area contributed by atoms with Crippen molar-refractivity contribution in [2.24, 2.45) is 5.73 Å². The molecule has 0 radical (unpaired) electrons. The van der Waals surface area contributed by atoms with E-state index >= 15 is 0 Å². The van der Waals surface area contributed by atoms with Crippen LogP contribution in [0.2, 0.25) is 0 Å². The van der Waals surface area contributed by atoms with Gasteiger partial charge in [-0.2, -0.15) is 0 Å². The van der Waals surface area contributed by atoms with Gasteiger partial charge in [-0.05, 0) is 23.8 Å². The van der Waals surface area contributed by atoms with E-state index in [0.717, 1.165) is 0 Å². The van der Waals surface area contributed by atoms with Gasteiger partial charge in [0.05, 0.1) is 5.56 Å². The molecule has 1 amide bonds. The van der Waals surface area contributed by atoms with Crippen LogP contribution in [0, 0.1) is 5.82 Å². The van der Waals surface area contributed by atoms with E-state index in [1.54, 1.807) is 6.07 Å². The highest BCUT2D eigenvalue weighted by Gasteiger charge is 2.20. The van der Waals surface area contributed by atoms with E-state index in [-0.39, 0.29) is 11.0 Å². The Morgan fingerprint density at radius 2 is 1.86 bits per heavy atom. The summed E-state index contributed by atoms with van der Waals surface area (Å²) in [6, 6.07) is 14.5. The van der Waals surface area contributed by atoms with Gasteiger partial charge in [0.2, 0.25) is 0 Å². The average Bonchev–Trinajstić information content (AvgIpc) is 2.46. The minimum Gasteiger partial charge on any atom is -0.384 e.